The van der Waals surface area contributed by atoms with Gasteiger partial charge < -0.3 is 9.64 Å². The number of hydrogen-bond acceptors (Lipinski definition) is 6. The molecule has 1 fully saturated rings. The summed E-state index contributed by atoms with van der Waals surface area (Å²) in [5.74, 6) is -1.03. The molecule has 1 amide bonds. The number of ether oxygens (including phenoxy) is 1. The Kier molecular flexibility index (Phi) is 6.79. The van der Waals surface area contributed by atoms with Gasteiger partial charge in [0.2, 0.25) is 0 Å². The van der Waals surface area contributed by atoms with Crippen LogP contribution in [0.3, 0.4) is 0 Å². The first-order valence-corrected chi connectivity index (χ1v) is 9.83. The van der Waals surface area contributed by atoms with Gasteiger partial charge >= 0.3 is 5.97 Å². The largest absolute Gasteiger partial charge is 0.465 e. The molecule has 30 heavy (non-hydrogen) atoms. The monoisotopic (exact) mass is 411 g/mol. The van der Waals surface area contributed by atoms with E-state index in [0.717, 1.165) is 25.6 Å². The number of esters is 1. The lowest BCUT2D eigenvalue weighted by Gasteiger charge is -2.23. The molecule has 8 heteroatoms. The molecule has 3 rings (SSSR count). The molecule has 0 N–H and O–H groups in total. The van der Waals surface area contributed by atoms with Crippen molar-refractivity contribution in [3.8, 4) is 0 Å². The van der Waals surface area contributed by atoms with Crippen LogP contribution in [0.4, 0.5) is 5.69 Å². The molecule has 0 saturated carbocycles. The molecule has 0 spiro atoms. The van der Waals surface area contributed by atoms with Crippen LogP contribution in [-0.2, 0) is 11.3 Å². The van der Waals surface area contributed by atoms with E-state index < -0.39 is 10.9 Å². The lowest BCUT2D eigenvalue weighted by Crippen LogP contribution is -2.35. The number of nitro benzene ring substituents is 1. The Balaban J connectivity index is 1.74. The number of methoxy groups -OCH3 is 1. The van der Waals surface area contributed by atoms with E-state index in [0.29, 0.717) is 19.6 Å². The van der Waals surface area contributed by atoms with E-state index in [4.69, 9.17) is 0 Å². The molecule has 0 aromatic heterocycles. The second kappa shape index (κ2) is 9.49. The van der Waals surface area contributed by atoms with Crippen LogP contribution in [0.1, 0.15) is 38.3 Å². The molecule has 0 aliphatic carbocycles. The third kappa shape index (κ3) is 5.01. The molecule has 0 atom stereocenters. The summed E-state index contributed by atoms with van der Waals surface area (Å²) in [6, 6.07) is 11.9. The molecule has 0 unspecified atom stereocenters. The van der Waals surface area contributed by atoms with E-state index in [9.17, 15) is 19.7 Å². The molecule has 0 bridgehead atoms. The van der Waals surface area contributed by atoms with Crippen LogP contribution in [0.2, 0.25) is 0 Å². The number of nitrogens with zero attached hydrogens (tertiary/aromatic N) is 3. The van der Waals surface area contributed by atoms with Crippen molar-refractivity contribution in [2.75, 3.05) is 33.3 Å². The molecule has 1 heterocycles. The van der Waals surface area contributed by atoms with E-state index >= 15 is 0 Å². The molecule has 1 aliphatic heterocycles. The fourth-order valence-electron chi connectivity index (χ4n) is 3.62. The maximum Gasteiger partial charge on any atom is 0.338 e. The molecule has 1 aliphatic rings. The van der Waals surface area contributed by atoms with E-state index in [1.807, 2.05) is 12.1 Å². The normalized spacial score (nSPS) is 14.8. The molecule has 2 aromatic carbocycles. The summed E-state index contributed by atoms with van der Waals surface area (Å²) in [5.41, 5.74) is 2.31. The maximum absolute atomic E-state index is 13.0. The molecule has 1 saturated heterocycles. The summed E-state index contributed by atoms with van der Waals surface area (Å²) in [7, 11) is 1.19. The van der Waals surface area contributed by atoms with E-state index in [1.165, 1.54) is 30.4 Å². The summed E-state index contributed by atoms with van der Waals surface area (Å²) in [6.07, 6.45) is 0.802. The van der Waals surface area contributed by atoms with E-state index in [1.54, 1.807) is 4.90 Å². The first-order chi connectivity index (χ1) is 14.4. The fraction of sp³-hybridized carbons (Fsp3) is 0.364. The quantitative estimate of drug-likeness (QED) is 0.427. The van der Waals surface area contributed by atoms with Gasteiger partial charge in [-0.2, -0.15) is 0 Å². The minimum atomic E-state index is -0.715. The number of hydrogen-bond donors (Lipinski definition) is 0. The standard InChI is InChI=1S/C22H25N3O5/c1-16-6-3-4-7-17(16)15-23-8-5-9-24(11-10-23)21(26)18-12-19(22(27)30-2)14-20(13-18)25(28)29/h3-4,6-7,12-14H,5,8-11,15H2,1-2H3. The van der Waals surface area contributed by atoms with Crippen molar-refractivity contribution in [1.29, 1.82) is 0 Å². The van der Waals surface area contributed by atoms with Crippen molar-refractivity contribution in [2.45, 2.75) is 19.9 Å². The Hall–Kier alpha value is -3.26. The van der Waals surface area contributed by atoms with Gasteiger partial charge in [0.15, 0.2) is 0 Å². The highest BCUT2D eigenvalue weighted by molar-refractivity contribution is 5.99. The van der Waals surface area contributed by atoms with Crippen molar-refractivity contribution in [3.05, 3.63) is 74.8 Å². The molecule has 8 nitrogen and oxygen atoms in total. The van der Waals surface area contributed by atoms with Gasteiger partial charge in [-0.05, 0) is 30.5 Å². The first-order valence-electron chi connectivity index (χ1n) is 9.83. The number of nitro groups is 1. The van der Waals surface area contributed by atoms with Crippen molar-refractivity contribution < 1.29 is 19.2 Å². The average Bonchev–Trinajstić information content (AvgIpc) is 2.99. The SMILES string of the molecule is COC(=O)c1cc(C(=O)N2CCCN(Cc3ccccc3C)CC2)cc([N+](=O)[O-])c1. The smallest absolute Gasteiger partial charge is 0.338 e. The second-order valence-corrected chi connectivity index (χ2v) is 7.37. The Morgan fingerprint density at radius 2 is 1.80 bits per heavy atom. The summed E-state index contributed by atoms with van der Waals surface area (Å²) < 4.78 is 4.66. The van der Waals surface area contributed by atoms with Crippen LogP contribution in [0.25, 0.3) is 0 Å². The number of carbonyl (C=O) groups excluding carboxylic acids is 2. The Morgan fingerprint density at radius 3 is 2.50 bits per heavy atom. The second-order valence-electron chi connectivity index (χ2n) is 7.37. The maximum atomic E-state index is 13.0. The molecular formula is C22H25N3O5. The lowest BCUT2D eigenvalue weighted by atomic mass is 10.1. The zero-order valence-electron chi connectivity index (χ0n) is 17.2. The topological polar surface area (TPSA) is 93.0 Å². The minimum Gasteiger partial charge on any atom is -0.465 e. The number of non-ortho nitro benzene ring substituents is 1. The predicted octanol–water partition coefficient (Wildman–Crippen LogP) is 3.04. The third-order valence-corrected chi connectivity index (χ3v) is 5.33. The van der Waals surface area contributed by atoms with Gasteiger partial charge in [0.1, 0.15) is 0 Å². The number of carbonyl (C=O) groups is 2. The molecule has 158 valence electrons. The highest BCUT2D eigenvalue weighted by Gasteiger charge is 2.24. The predicted molar refractivity (Wildman–Crippen MR) is 111 cm³/mol. The van der Waals surface area contributed by atoms with Crippen LogP contribution in [0.15, 0.2) is 42.5 Å². The Morgan fingerprint density at radius 1 is 1.07 bits per heavy atom. The number of aryl methyl sites for hydroxylation is 1. The van der Waals surface area contributed by atoms with Gasteiger partial charge in [0.05, 0.1) is 17.6 Å². The van der Waals surface area contributed by atoms with Gasteiger partial charge in [-0.1, -0.05) is 24.3 Å². The Bertz CT molecular complexity index is 960. The van der Waals surface area contributed by atoms with Crippen LogP contribution < -0.4 is 0 Å². The molecule has 0 radical (unpaired) electrons. The van der Waals surface area contributed by atoms with Gasteiger partial charge in [-0.3, -0.25) is 19.8 Å². The summed E-state index contributed by atoms with van der Waals surface area (Å²) in [4.78, 5) is 39.5. The minimum absolute atomic E-state index is 0.00829. The van der Waals surface area contributed by atoms with Gasteiger partial charge in [0, 0.05) is 50.4 Å². The van der Waals surface area contributed by atoms with Crippen LogP contribution in [0, 0.1) is 17.0 Å². The van der Waals surface area contributed by atoms with Crippen LogP contribution in [0.5, 0.6) is 0 Å². The first kappa shape index (κ1) is 21.4. The van der Waals surface area contributed by atoms with Crippen LogP contribution >= 0.6 is 0 Å². The number of benzene rings is 2. The lowest BCUT2D eigenvalue weighted by molar-refractivity contribution is -0.384. The average molecular weight is 411 g/mol. The third-order valence-electron chi connectivity index (χ3n) is 5.33. The number of rotatable bonds is 5. The summed E-state index contributed by atoms with van der Waals surface area (Å²) in [5, 5.41) is 11.2. The highest BCUT2D eigenvalue weighted by atomic mass is 16.6. The molecule has 2 aromatic rings. The van der Waals surface area contributed by atoms with Crippen molar-refractivity contribution in [3.63, 3.8) is 0 Å². The van der Waals surface area contributed by atoms with Gasteiger partial charge in [-0.15, -0.1) is 0 Å². The summed E-state index contributed by atoms with van der Waals surface area (Å²) >= 11 is 0. The fourth-order valence-corrected chi connectivity index (χ4v) is 3.62. The van der Waals surface area contributed by atoms with Gasteiger partial charge in [0.25, 0.3) is 11.6 Å². The van der Waals surface area contributed by atoms with E-state index in [-0.39, 0.29) is 22.7 Å². The highest BCUT2D eigenvalue weighted by Crippen LogP contribution is 2.20. The zero-order valence-corrected chi connectivity index (χ0v) is 17.2. The van der Waals surface area contributed by atoms with Crippen molar-refractivity contribution in [2.24, 2.45) is 0 Å². The van der Waals surface area contributed by atoms with Gasteiger partial charge in [-0.25, -0.2) is 4.79 Å². The Labute approximate surface area is 175 Å². The van der Waals surface area contributed by atoms with Crippen molar-refractivity contribution >= 4 is 17.6 Å². The summed E-state index contributed by atoms with van der Waals surface area (Å²) in [6.45, 7) is 5.54. The van der Waals surface area contributed by atoms with Crippen molar-refractivity contribution in [1.82, 2.24) is 9.80 Å². The zero-order chi connectivity index (χ0) is 21.7. The van der Waals surface area contributed by atoms with E-state index in [2.05, 4.69) is 28.7 Å². The molecular weight excluding hydrogens is 386 g/mol. The number of amides is 1. The van der Waals surface area contributed by atoms with Crippen LogP contribution in [-0.4, -0.2) is 59.9 Å².